The van der Waals surface area contributed by atoms with Crippen LogP contribution in [0.15, 0.2) is 53.4 Å². The summed E-state index contributed by atoms with van der Waals surface area (Å²) < 4.78 is 26.3. The normalized spacial score (nSPS) is 15.4. The van der Waals surface area contributed by atoms with Crippen LogP contribution in [0.3, 0.4) is 0 Å². The molecule has 3 rings (SSSR count). The molecule has 0 spiro atoms. The van der Waals surface area contributed by atoms with Crippen molar-refractivity contribution < 1.29 is 13.2 Å². The maximum atomic E-state index is 12.6. The van der Waals surface area contributed by atoms with E-state index in [2.05, 4.69) is 27.1 Å². The Balaban J connectivity index is 1.59. The van der Waals surface area contributed by atoms with Crippen molar-refractivity contribution in [3.8, 4) is 0 Å². The van der Waals surface area contributed by atoms with Gasteiger partial charge in [0.15, 0.2) is 0 Å². The Bertz CT molecular complexity index is 924. The highest BCUT2D eigenvalue weighted by molar-refractivity contribution is 7.89. The Hall–Kier alpha value is -2.42. The predicted octanol–water partition coefficient (Wildman–Crippen LogP) is 2.25. The van der Waals surface area contributed by atoms with Crippen LogP contribution < -0.4 is 10.0 Å². The second-order valence-corrected chi connectivity index (χ2v) is 8.75. The largest absolute Gasteiger partial charge is 0.322 e. The van der Waals surface area contributed by atoms with Crippen molar-refractivity contribution in [2.24, 2.45) is 0 Å². The number of carbonyl (C=O) groups excluding carboxylic acids is 1. The van der Waals surface area contributed by atoms with Gasteiger partial charge in [-0.2, -0.15) is 0 Å². The Morgan fingerprint density at radius 2 is 1.71 bits per heavy atom. The van der Waals surface area contributed by atoms with Gasteiger partial charge in [0.2, 0.25) is 10.0 Å². The van der Waals surface area contributed by atoms with Gasteiger partial charge in [-0.3, -0.25) is 4.90 Å². The van der Waals surface area contributed by atoms with E-state index >= 15 is 0 Å². The minimum atomic E-state index is -3.56. The first-order valence-electron chi connectivity index (χ1n) is 9.25. The van der Waals surface area contributed by atoms with Crippen LogP contribution in [0.4, 0.5) is 10.5 Å². The zero-order valence-electron chi connectivity index (χ0n) is 16.2. The molecule has 1 saturated heterocycles. The first-order valence-corrected chi connectivity index (χ1v) is 10.7. The number of rotatable bonds is 5. The summed E-state index contributed by atoms with van der Waals surface area (Å²) in [4.78, 5) is 16.9. The van der Waals surface area contributed by atoms with E-state index in [-0.39, 0.29) is 10.9 Å². The smallest absolute Gasteiger partial charge is 0.321 e. The summed E-state index contributed by atoms with van der Waals surface area (Å²) >= 11 is 0. The van der Waals surface area contributed by atoms with E-state index < -0.39 is 10.0 Å². The van der Waals surface area contributed by atoms with Crippen LogP contribution in [0.1, 0.15) is 11.1 Å². The van der Waals surface area contributed by atoms with Crippen LogP contribution >= 0.6 is 0 Å². The SMILES string of the molecule is CNS(=O)(=O)c1ccc(C)c(NC(=O)N2CCN(Cc3ccccc3)CC2)c1. The van der Waals surface area contributed by atoms with Crippen molar-refractivity contribution in [2.45, 2.75) is 18.4 Å². The molecule has 0 aliphatic carbocycles. The topological polar surface area (TPSA) is 81.8 Å². The van der Waals surface area contributed by atoms with Crippen LogP contribution in [0.5, 0.6) is 0 Å². The molecule has 28 heavy (non-hydrogen) atoms. The average Bonchev–Trinajstić information content (AvgIpc) is 2.70. The lowest BCUT2D eigenvalue weighted by Crippen LogP contribution is -2.49. The summed E-state index contributed by atoms with van der Waals surface area (Å²) in [6.45, 7) is 5.58. The Kier molecular flexibility index (Phi) is 6.33. The highest BCUT2D eigenvalue weighted by Gasteiger charge is 2.22. The molecule has 0 aromatic heterocycles. The quantitative estimate of drug-likeness (QED) is 0.804. The summed E-state index contributed by atoms with van der Waals surface area (Å²) in [5.41, 5.74) is 2.58. The standard InChI is InChI=1S/C20H26N4O3S/c1-16-8-9-18(28(26,27)21-2)14-19(16)22-20(25)24-12-10-23(11-13-24)15-17-6-4-3-5-7-17/h3-9,14,21H,10-13,15H2,1-2H3,(H,22,25). The lowest BCUT2D eigenvalue weighted by Gasteiger charge is -2.34. The van der Waals surface area contributed by atoms with Gasteiger partial charge in [0, 0.05) is 38.4 Å². The molecule has 1 aliphatic rings. The van der Waals surface area contributed by atoms with Gasteiger partial charge in [0.1, 0.15) is 0 Å². The monoisotopic (exact) mass is 402 g/mol. The van der Waals surface area contributed by atoms with Crippen molar-refractivity contribution in [3.05, 3.63) is 59.7 Å². The number of amides is 2. The van der Waals surface area contributed by atoms with Crippen molar-refractivity contribution in [2.75, 3.05) is 38.5 Å². The molecular weight excluding hydrogens is 376 g/mol. The lowest BCUT2D eigenvalue weighted by molar-refractivity contribution is 0.143. The predicted molar refractivity (Wildman–Crippen MR) is 110 cm³/mol. The summed E-state index contributed by atoms with van der Waals surface area (Å²) in [5, 5.41) is 2.86. The van der Waals surface area contributed by atoms with Crippen molar-refractivity contribution in [3.63, 3.8) is 0 Å². The maximum absolute atomic E-state index is 12.6. The number of urea groups is 1. The number of piperazine rings is 1. The number of aryl methyl sites for hydroxylation is 1. The second-order valence-electron chi connectivity index (χ2n) is 6.86. The van der Waals surface area contributed by atoms with Crippen LogP contribution in [0.2, 0.25) is 0 Å². The van der Waals surface area contributed by atoms with Crippen molar-refractivity contribution in [1.29, 1.82) is 0 Å². The minimum Gasteiger partial charge on any atom is -0.322 e. The Labute approximate surface area is 166 Å². The zero-order chi connectivity index (χ0) is 20.1. The molecule has 1 heterocycles. The maximum Gasteiger partial charge on any atom is 0.321 e. The number of carbonyl (C=O) groups is 1. The summed E-state index contributed by atoms with van der Waals surface area (Å²) in [6.07, 6.45) is 0. The molecule has 150 valence electrons. The number of sulfonamides is 1. The molecule has 0 radical (unpaired) electrons. The number of benzene rings is 2. The highest BCUT2D eigenvalue weighted by atomic mass is 32.2. The Morgan fingerprint density at radius 3 is 2.36 bits per heavy atom. The summed E-state index contributed by atoms with van der Waals surface area (Å²) in [6, 6.07) is 14.8. The van der Waals surface area contributed by atoms with Gasteiger partial charge in [0.25, 0.3) is 0 Å². The fourth-order valence-electron chi connectivity index (χ4n) is 3.17. The number of nitrogens with one attached hydrogen (secondary N) is 2. The minimum absolute atomic E-state index is 0.128. The molecule has 0 atom stereocenters. The van der Waals surface area contributed by atoms with Gasteiger partial charge < -0.3 is 10.2 Å². The summed E-state index contributed by atoms with van der Waals surface area (Å²) in [5.74, 6) is 0. The highest BCUT2D eigenvalue weighted by Crippen LogP contribution is 2.21. The van der Waals surface area contributed by atoms with Gasteiger partial charge >= 0.3 is 6.03 Å². The van der Waals surface area contributed by atoms with Crippen molar-refractivity contribution >= 4 is 21.7 Å². The third-order valence-corrected chi connectivity index (χ3v) is 6.35. The van der Waals surface area contributed by atoms with Gasteiger partial charge in [-0.1, -0.05) is 36.4 Å². The van der Waals surface area contributed by atoms with Gasteiger partial charge in [0.05, 0.1) is 4.90 Å². The first kappa shape index (κ1) is 20.3. The van der Waals surface area contributed by atoms with E-state index in [1.807, 2.05) is 25.1 Å². The third-order valence-electron chi connectivity index (χ3n) is 4.94. The van der Waals surface area contributed by atoms with E-state index in [9.17, 15) is 13.2 Å². The van der Waals surface area contributed by atoms with Gasteiger partial charge in [-0.25, -0.2) is 17.9 Å². The number of anilines is 1. The second kappa shape index (κ2) is 8.72. The number of nitrogens with zero attached hydrogens (tertiary/aromatic N) is 2. The van der Waals surface area contributed by atoms with Gasteiger partial charge in [-0.15, -0.1) is 0 Å². The average molecular weight is 403 g/mol. The van der Waals surface area contributed by atoms with E-state index in [0.29, 0.717) is 18.8 Å². The molecule has 0 unspecified atom stereocenters. The molecule has 0 saturated carbocycles. The molecule has 2 aromatic rings. The van der Waals surface area contributed by atoms with E-state index in [0.717, 1.165) is 25.2 Å². The lowest BCUT2D eigenvalue weighted by atomic mass is 10.2. The number of hydrogen-bond acceptors (Lipinski definition) is 4. The van der Waals surface area contributed by atoms with Crippen LogP contribution in [0.25, 0.3) is 0 Å². The third kappa shape index (κ3) is 4.89. The molecule has 2 N–H and O–H groups in total. The molecule has 1 fully saturated rings. The van der Waals surface area contributed by atoms with E-state index in [1.165, 1.54) is 24.7 Å². The van der Waals surface area contributed by atoms with Crippen molar-refractivity contribution in [1.82, 2.24) is 14.5 Å². The molecule has 2 aromatic carbocycles. The first-order chi connectivity index (χ1) is 13.4. The fourth-order valence-corrected chi connectivity index (χ4v) is 3.92. The van der Waals surface area contributed by atoms with Crippen LogP contribution in [0, 0.1) is 6.92 Å². The van der Waals surface area contributed by atoms with Crippen LogP contribution in [-0.2, 0) is 16.6 Å². The molecule has 2 amide bonds. The molecule has 0 bridgehead atoms. The molecular formula is C20H26N4O3S. The number of hydrogen-bond donors (Lipinski definition) is 2. The van der Waals surface area contributed by atoms with E-state index in [4.69, 9.17) is 0 Å². The van der Waals surface area contributed by atoms with Gasteiger partial charge in [-0.05, 0) is 37.2 Å². The van der Waals surface area contributed by atoms with E-state index in [1.54, 1.807) is 11.0 Å². The van der Waals surface area contributed by atoms with Crippen LogP contribution in [-0.4, -0.2) is 57.5 Å². The zero-order valence-corrected chi connectivity index (χ0v) is 17.0. The molecule has 1 aliphatic heterocycles. The summed E-state index contributed by atoms with van der Waals surface area (Å²) in [7, 11) is -2.19. The Morgan fingerprint density at radius 1 is 1.04 bits per heavy atom. The molecule has 7 nitrogen and oxygen atoms in total. The molecule has 8 heteroatoms. The fraction of sp³-hybridized carbons (Fsp3) is 0.350.